The van der Waals surface area contributed by atoms with Crippen LogP contribution in [0.3, 0.4) is 0 Å². The molecule has 100 valence electrons. The summed E-state index contributed by atoms with van der Waals surface area (Å²) in [6.07, 6.45) is 0. The van der Waals surface area contributed by atoms with Crippen molar-refractivity contribution >= 4 is 28.6 Å². The summed E-state index contributed by atoms with van der Waals surface area (Å²) in [7, 11) is 3.11. The molecular weight excluding hydrogens is 264 g/mol. The number of anilines is 2. The monoisotopic (exact) mass is 278 g/mol. The number of nitrogens with one attached hydrogen (secondary N) is 1. The van der Waals surface area contributed by atoms with E-state index >= 15 is 0 Å². The molecule has 1 aromatic heterocycles. The second-order valence-corrected chi connectivity index (χ2v) is 4.68. The van der Waals surface area contributed by atoms with Gasteiger partial charge < -0.3 is 20.5 Å². The Morgan fingerprint density at radius 1 is 1.21 bits per heavy atom. The fourth-order valence-corrected chi connectivity index (χ4v) is 2.28. The van der Waals surface area contributed by atoms with Crippen molar-refractivity contribution < 1.29 is 14.3 Å². The van der Waals surface area contributed by atoms with Crippen LogP contribution < -0.4 is 20.5 Å². The van der Waals surface area contributed by atoms with E-state index in [1.54, 1.807) is 43.9 Å². The van der Waals surface area contributed by atoms with Gasteiger partial charge in [-0.2, -0.15) is 0 Å². The lowest BCUT2D eigenvalue weighted by atomic mass is 10.2. The van der Waals surface area contributed by atoms with Crippen LogP contribution >= 0.6 is 11.3 Å². The summed E-state index contributed by atoms with van der Waals surface area (Å²) in [5.41, 5.74) is 6.77. The van der Waals surface area contributed by atoms with E-state index in [0.717, 1.165) is 0 Å². The van der Waals surface area contributed by atoms with Gasteiger partial charge in [0.15, 0.2) is 0 Å². The molecule has 1 heterocycles. The number of carbonyl (C=O) groups is 1. The zero-order valence-electron chi connectivity index (χ0n) is 10.6. The third-order valence-corrected chi connectivity index (χ3v) is 3.44. The second kappa shape index (κ2) is 5.62. The fraction of sp³-hybridized carbons (Fsp3) is 0.154. The maximum atomic E-state index is 12.0. The van der Waals surface area contributed by atoms with E-state index in [9.17, 15) is 4.79 Å². The van der Waals surface area contributed by atoms with Crippen molar-refractivity contribution in [1.82, 2.24) is 0 Å². The number of ether oxygens (including phenoxy) is 2. The molecule has 0 radical (unpaired) electrons. The Balaban J connectivity index is 2.23. The van der Waals surface area contributed by atoms with Crippen molar-refractivity contribution in [1.29, 1.82) is 0 Å². The third kappa shape index (κ3) is 2.97. The van der Waals surface area contributed by atoms with Gasteiger partial charge in [-0.1, -0.05) is 0 Å². The zero-order chi connectivity index (χ0) is 13.8. The first-order valence-corrected chi connectivity index (χ1v) is 6.39. The summed E-state index contributed by atoms with van der Waals surface area (Å²) in [6.45, 7) is 0. The zero-order valence-corrected chi connectivity index (χ0v) is 11.4. The summed E-state index contributed by atoms with van der Waals surface area (Å²) in [6, 6.07) is 6.86. The number of nitrogens with two attached hydrogens (primary N) is 1. The predicted octanol–water partition coefficient (Wildman–Crippen LogP) is 2.60. The van der Waals surface area contributed by atoms with Gasteiger partial charge in [-0.05, 0) is 11.4 Å². The van der Waals surface area contributed by atoms with Crippen LogP contribution in [-0.2, 0) is 0 Å². The molecular formula is C13H14N2O3S. The summed E-state index contributed by atoms with van der Waals surface area (Å²) in [5, 5.41) is 4.54. The highest BCUT2D eigenvalue weighted by Crippen LogP contribution is 2.27. The Bertz CT molecular complexity index is 573. The van der Waals surface area contributed by atoms with Gasteiger partial charge in [-0.15, -0.1) is 11.3 Å². The summed E-state index contributed by atoms with van der Waals surface area (Å²) >= 11 is 1.30. The number of hydrogen-bond donors (Lipinski definition) is 2. The van der Waals surface area contributed by atoms with E-state index in [0.29, 0.717) is 27.8 Å². The lowest BCUT2D eigenvalue weighted by molar-refractivity contribution is 0.103. The Hall–Kier alpha value is -2.21. The number of nitrogen functional groups attached to an aromatic ring is 1. The first-order valence-electron chi connectivity index (χ1n) is 5.51. The van der Waals surface area contributed by atoms with Crippen LogP contribution in [0.4, 0.5) is 11.4 Å². The molecule has 0 aliphatic rings. The molecule has 5 nitrogen and oxygen atoms in total. The van der Waals surface area contributed by atoms with Crippen molar-refractivity contribution in [3.8, 4) is 11.5 Å². The van der Waals surface area contributed by atoms with Crippen LogP contribution in [0.15, 0.2) is 29.6 Å². The van der Waals surface area contributed by atoms with E-state index in [-0.39, 0.29) is 5.91 Å². The standard InChI is InChI=1S/C13H14N2O3S/c1-17-9-5-8(6-10(7-9)18-2)15-13(16)12-11(14)3-4-19-12/h3-7H,14H2,1-2H3,(H,15,16). The smallest absolute Gasteiger partial charge is 0.267 e. The Morgan fingerprint density at radius 3 is 2.32 bits per heavy atom. The minimum absolute atomic E-state index is 0.247. The van der Waals surface area contributed by atoms with Crippen LogP contribution in [0, 0.1) is 0 Å². The molecule has 0 aliphatic heterocycles. The van der Waals surface area contributed by atoms with Crippen LogP contribution in [0.2, 0.25) is 0 Å². The number of thiophene rings is 1. The molecule has 0 saturated heterocycles. The molecule has 0 unspecified atom stereocenters. The molecule has 6 heteroatoms. The van der Waals surface area contributed by atoms with Gasteiger partial charge in [0.05, 0.1) is 19.9 Å². The van der Waals surface area contributed by atoms with E-state index in [4.69, 9.17) is 15.2 Å². The van der Waals surface area contributed by atoms with E-state index < -0.39 is 0 Å². The second-order valence-electron chi connectivity index (χ2n) is 3.76. The highest BCUT2D eigenvalue weighted by Gasteiger charge is 2.12. The Morgan fingerprint density at radius 2 is 1.84 bits per heavy atom. The van der Waals surface area contributed by atoms with Gasteiger partial charge in [0.2, 0.25) is 0 Å². The molecule has 0 fully saturated rings. The van der Waals surface area contributed by atoms with Crippen LogP contribution in [0.1, 0.15) is 9.67 Å². The van der Waals surface area contributed by atoms with Crippen molar-refractivity contribution in [2.75, 3.05) is 25.3 Å². The molecule has 0 spiro atoms. The quantitative estimate of drug-likeness (QED) is 0.901. The number of methoxy groups -OCH3 is 2. The fourth-order valence-electron chi connectivity index (χ4n) is 1.57. The predicted molar refractivity (Wildman–Crippen MR) is 76.2 cm³/mol. The average molecular weight is 278 g/mol. The highest BCUT2D eigenvalue weighted by atomic mass is 32.1. The van der Waals surface area contributed by atoms with Crippen molar-refractivity contribution in [2.24, 2.45) is 0 Å². The maximum absolute atomic E-state index is 12.0. The van der Waals surface area contributed by atoms with Crippen molar-refractivity contribution in [3.05, 3.63) is 34.5 Å². The molecule has 0 aliphatic carbocycles. The van der Waals surface area contributed by atoms with Gasteiger partial charge in [0.1, 0.15) is 16.4 Å². The first kappa shape index (κ1) is 13.2. The maximum Gasteiger partial charge on any atom is 0.267 e. The first-order chi connectivity index (χ1) is 9.13. The molecule has 3 N–H and O–H groups in total. The van der Waals surface area contributed by atoms with E-state index in [1.807, 2.05) is 0 Å². The van der Waals surface area contributed by atoms with Gasteiger partial charge in [-0.25, -0.2) is 0 Å². The Labute approximate surface area is 115 Å². The van der Waals surface area contributed by atoms with Crippen LogP contribution in [0.25, 0.3) is 0 Å². The third-order valence-electron chi connectivity index (χ3n) is 2.51. The molecule has 0 bridgehead atoms. The highest BCUT2D eigenvalue weighted by molar-refractivity contribution is 7.12. The molecule has 2 aromatic rings. The van der Waals surface area contributed by atoms with Gasteiger partial charge in [0.25, 0.3) is 5.91 Å². The minimum Gasteiger partial charge on any atom is -0.497 e. The van der Waals surface area contributed by atoms with E-state index in [1.165, 1.54) is 11.3 Å². The van der Waals surface area contributed by atoms with Crippen molar-refractivity contribution in [2.45, 2.75) is 0 Å². The summed E-state index contributed by atoms with van der Waals surface area (Å²) in [5.74, 6) is 0.963. The molecule has 2 rings (SSSR count). The number of carbonyl (C=O) groups excluding carboxylic acids is 1. The van der Waals surface area contributed by atoms with Crippen molar-refractivity contribution in [3.63, 3.8) is 0 Å². The lowest BCUT2D eigenvalue weighted by Gasteiger charge is -2.09. The van der Waals surface area contributed by atoms with Crippen LogP contribution in [0.5, 0.6) is 11.5 Å². The SMILES string of the molecule is COc1cc(NC(=O)c2sccc2N)cc(OC)c1. The summed E-state index contributed by atoms with van der Waals surface area (Å²) < 4.78 is 10.3. The average Bonchev–Trinajstić information content (AvgIpc) is 2.84. The molecule has 1 amide bonds. The van der Waals surface area contributed by atoms with Gasteiger partial charge in [-0.3, -0.25) is 4.79 Å². The normalized spacial score (nSPS) is 10.0. The lowest BCUT2D eigenvalue weighted by Crippen LogP contribution is -2.12. The minimum atomic E-state index is -0.247. The number of benzene rings is 1. The largest absolute Gasteiger partial charge is 0.497 e. The van der Waals surface area contributed by atoms with Gasteiger partial charge >= 0.3 is 0 Å². The molecule has 0 saturated carbocycles. The molecule has 1 aromatic carbocycles. The molecule has 19 heavy (non-hydrogen) atoms. The number of amides is 1. The topological polar surface area (TPSA) is 73.6 Å². The Kier molecular flexibility index (Phi) is 3.91. The number of rotatable bonds is 4. The van der Waals surface area contributed by atoms with E-state index in [2.05, 4.69) is 5.32 Å². The van der Waals surface area contributed by atoms with Gasteiger partial charge in [0, 0.05) is 23.9 Å². The summed E-state index contributed by atoms with van der Waals surface area (Å²) in [4.78, 5) is 12.5. The van der Waals surface area contributed by atoms with Crippen LogP contribution in [-0.4, -0.2) is 20.1 Å². The molecule has 0 atom stereocenters. The number of hydrogen-bond acceptors (Lipinski definition) is 5.